The van der Waals surface area contributed by atoms with Gasteiger partial charge in [-0.05, 0) is 43.4 Å². The maximum absolute atomic E-state index is 12.6. The lowest BCUT2D eigenvalue weighted by Gasteiger charge is -2.03. The van der Waals surface area contributed by atoms with Crippen LogP contribution < -0.4 is 5.43 Å². The highest BCUT2D eigenvalue weighted by Crippen LogP contribution is 2.08. The molecule has 0 aliphatic rings. The highest BCUT2D eigenvalue weighted by Gasteiger charge is 2.03. The second kappa shape index (κ2) is 6.40. The third-order valence-corrected chi connectivity index (χ3v) is 2.25. The fraction of sp³-hybridized carbons (Fsp3) is 0.200. The third kappa shape index (κ3) is 4.12. The van der Waals surface area contributed by atoms with Crippen molar-refractivity contribution in [1.29, 1.82) is 0 Å². The van der Waals surface area contributed by atoms with Crippen molar-refractivity contribution in [2.75, 3.05) is 12.0 Å². The van der Waals surface area contributed by atoms with Gasteiger partial charge in [-0.15, -0.1) is 0 Å². The second-order valence-corrected chi connectivity index (χ2v) is 3.47. The Morgan fingerprint density at radius 3 is 2.69 bits per heavy atom. The van der Waals surface area contributed by atoms with Crippen molar-refractivity contribution < 1.29 is 9.13 Å². The van der Waals surface area contributed by atoms with Gasteiger partial charge in [0.2, 0.25) is 10.2 Å². The lowest BCUT2D eigenvalue weighted by atomic mass is 10.3. The van der Waals surface area contributed by atoms with Gasteiger partial charge in [-0.1, -0.05) is 11.6 Å². The van der Waals surface area contributed by atoms with Crippen LogP contribution in [-0.2, 0) is 4.74 Å². The first-order chi connectivity index (χ1) is 7.63. The molecule has 86 valence electrons. The molecule has 3 nitrogen and oxygen atoms in total. The topological polar surface area (TPSA) is 33.6 Å². The number of hydrogen-bond donors (Lipinski definition) is 1. The summed E-state index contributed by atoms with van der Waals surface area (Å²) in [6.07, 6.45) is 0. The molecule has 0 radical (unpaired) electrons. The number of hydrazone groups is 1. The van der Waals surface area contributed by atoms with Crippen LogP contribution in [0.15, 0.2) is 29.4 Å². The SMILES string of the molecule is CCOC(=S)/C(Cl)=N/Nc1ccc(F)cc1. The zero-order valence-corrected chi connectivity index (χ0v) is 10.1. The number of rotatable bonds is 4. The van der Waals surface area contributed by atoms with Crippen LogP contribution in [0.4, 0.5) is 10.1 Å². The smallest absolute Gasteiger partial charge is 0.224 e. The molecule has 1 N–H and O–H groups in total. The predicted molar refractivity (Wildman–Crippen MR) is 67.5 cm³/mol. The van der Waals surface area contributed by atoms with Crippen LogP contribution in [0.25, 0.3) is 0 Å². The number of thiocarbonyl (C=S) groups is 1. The Morgan fingerprint density at radius 1 is 1.50 bits per heavy atom. The summed E-state index contributed by atoms with van der Waals surface area (Å²) in [5, 5.41) is 3.97. The summed E-state index contributed by atoms with van der Waals surface area (Å²) in [5.74, 6) is -0.314. The van der Waals surface area contributed by atoms with Gasteiger partial charge in [0, 0.05) is 0 Å². The van der Waals surface area contributed by atoms with Crippen molar-refractivity contribution in [2.45, 2.75) is 6.92 Å². The number of anilines is 1. The molecule has 16 heavy (non-hydrogen) atoms. The molecule has 0 saturated carbocycles. The van der Waals surface area contributed by atoms with Gasteiger partial charge in [-0.2, -0.15) is 5.10 Å². The van der Waals surface area contributed by atoms with Crippen molar-refractivity contribution in [3.63, 3.8) is 0 Å². The largest absolute Gasteiger partial charge is 0.481 e. The van der Waals surface area contributed by atoms with Crippen LogP contribution in [0.3, 0.4) is 0 Å². The van der Waals surface area contributed by atoms with Gasteiger partial charge in [0.15, 0.2) is 0 Å². The lowest BCUT2D eigenvalue weighted by Crippen LogP contribution is -2.11. The predicted octanol–water partition coefficient (Wildman–Crippen LogP) is 3.15. The van der Waals surface area contributed by atoms with E-state index in [1.54, 1.807) is 6.92 Å². The molecule has 0 aliphatic carbocycles. The summed E-state index contributed by atoms with van der Waals surface area (Å²) in [4.78, 5) is 0. The van der Waals surface area contributed by atoms with Crippen LogP contribution in [0.1, 0.15) is 6.92 Å². The fourth-order valence-corrected chi connectivity index (χ4v) is 1.13. The van der Waals surface area contributed by atoms with E-state index < -0.39 is 0 Å². The minimum atomic E-state index is -0.314. The number of nitrogens with zero attached hydrogens (tertiary/aromatic N) is 1. The number of ether oxygens (including phenoxy) is 1. The third-order valence-electron chi connectivity index (χ3n) is 1.57. The number of nitrogens with one attached hydrogen (secondary N) is 1. The molecule has 0 heterocycles. The quantitative estimate of drug-likeness (QED) is 0.513. The minimum absolute atomic E-state index is 0.0566. The Labute approximate surface area is 103 Å². The van der Waals surface area contributed by atoms with E-state index in [-0.39, 0.29) is 16.0 Å². The molecule has 0 bridgehead atoms. The average molecular weight is 261 g/mol. The van der Waals surface area contributed by atoms with Crippen molar-refractivity contribution in [2.24, 2.45) is 5.10 Å². The monoisotopic (exact) mass is 260 g/mol. The summed E-state index contributed by atoms with van der Waals surface area (Å²) >= 11 is 10.6. The van der Waals surface area contributed by atoms with Crippen LogP contribution in [-0.4, -0.2) is 16.8 Å². The molecule has 0 fully saturated rings. The molecule has 0 aliphatic heterocycles. The Balaban J connectivity index is 2.58. The van der Waals surface area contributed by atoms with E-state index >= 15 is 0 Å². The van der Waals surface area contributed by atoms with Crippen molar-refractivity contribution in [1.82, 2.24) is 0 Å². The summed E-state index contributed by atoms with van der Waals surface area (Å²) < 4.78 is 17.6. The number of halogens is 2. The zero-order valence-electron chi connectivity index (χ0n) is 8.54. The number of benzene rings is 1. The minimum Gasteiger partial charge on any atom is -0.481 e. The summed E-state index contributed by atoms with van der Waals surface area (Å²) in [6.45, 7) is 2.23. The molecule has 1 aromatic rings. The molecule has 0 spiro atoms. The van der Waals surface area contributed by atoms with Crippen LogP contribution in [0.5, 0.6) is 0 Å². The number of hydrogen-bond acceptors (Lipinski definition) is 4. The second-order valence-electron chi connectivity index (χ2n) is 2.74. The van der Waals surface area contributed by atoms with Gasteiger partial charge in [-0.3, -0.25) is 5.43 Å². The maximum atomic E-state index is 12.6. The standard InChI is InChI=1S/C10H10ClFN2OS/c1-2-15-10(16)9(11)14-13-8-5-3-7(12)4-6-8/h3-6,13H,2H2,1H3/b14-9-. The fourth-order valence-electron chi connectivity index (χ4n) is 0.874. The van der Waals surface area contributed by atoms with E-state index in [9.17, 15) is 4.39 Å². The van der Waals surface area contributed by atoms with Crippen LogP contribution in [0, 0.1) is 5.82 Å². The van der Waals surface area contributed by atoms with Crippen LogP contribution in [0.2, 0.25) is 0 Å². The molecular formula is C10H10ClFN2OS. The van der Waals surface area contributed by atoms with Crippen molar-refractivity contribution >= 4 is 39.7 Å². The lowest BCUT2D eigenvalue weighted by molar-refractivity contribution is 0.343. The first-order valence-corrected chi connectivity index (χ1v) is 5.34. The van der Waals surface area contributed by atoms with Gasteiger partial charge in [-0.25, -0.2) is 4.39 Å². The van der Waals surface area contributed by atoms with E-state index in [4.69, 9.17) is 28.6 Å². The van der Waals surface area contributed by atoms with E-state index in [0.717, 1.165) is 0 Å². The van der Waals surface area contributed by atoms with E-state index in [1.807, 2.05) is 0 Å². The Morgan fingerprint density at radius 2 is 2.12 bits per heavy atom. The first-order valence-electron chi connectivity index (χ1n) is 4.55. The highest BCUT2D eigenvalue weighted by atomic mass is 35.5. The molecule has 0 atom stereocenters. The van der Waals surface area contributed by atoms with E-state index in [2.05, 4.69) is 10.5 Å². The zero-order chi connectivity index (χ0) is 12.0. The summed E-state index contributed by atoms with van der Waals surface area (Å²) in [7, 11) is 0. The van der Waals surface area contributed by atoms with E-state index in [1.165, 1.54) is 24.3 Å². The van der Waals surface area contributed by atoms with Crippen molar-refractivity contribution in [3.05, 3.63) is 30.1 Å². The molecule has 0 saturated heterocycles. The average Bonchev–Trinajstić information content (AvgIpc) is 2.28. The molecule has 6 heteroatoms. The van der Waals surface area contributed by atoms with Crippen LogP contribution >= 0.6 is 23.8 Å². The first kappa shape index (κ1) is 12.9. The Hall–Kier alpha value is -1.20. The van der Waals surface area contributed by atoms with Crippen molar-refractivity contribution in [3.8, 4) is 0 Å². The highest BCUT2D eigenvalue weighted by molar-refractivity contribution is 7.82. The normalized spacial score (nSPS) is 11.1. The van der Waals surface area contributed by atoms with Gasteiger partial charge < -0.3 is 4.74 Å². The molecular weight excluding hydrogens is 251 g/mol. The molecule has 1 aromatic carbocycles. The molecule has 0 amide bonds. The van der Waals surface area contributed by atoms with E-state index in [0.29, 0.717) is 12.3 Å². The van der Waals surface area contributed by atoms with Gasteiger partial charge >= 0.3 is 0 Å². The molecule has 1 rings (SSSR count). The van der Waals surface area contributed by atoms with Gasteiger partial charge in [0.1, 0.15) is 5.82 Å². The summed E-state index contributed by atoms with van der Waals surface area (Å²) in [5.41, 5.74) is 3.24. The Bertz CT molecular complexity index is 394. The molecule has 0 unspecified atom stereocenters. The van der Waals surface area contributed by atoms with Gasteiger partial charge in [0.25, 0.3) is 0 Å². The maximum Gasteiger partial charge on any atom is 0.224 e. The Kier molecular flexibility index (Phi) is 5.14. The molecule has 0 aromatic heterocycles. The summed E-state index contributed by atoms with van der Waals surface area (Å²) in [6, 6.07) is 5.69. The van der Waals surface area contributed by atoms with Gasteiger partial charge in [0.05, 0.1) is 12.3 Å².